The highest BCUT2D eigenvalue weighted by molar-refractivity contribution is 5.00. The van der Waals surface area contributed by atoms with Crippen LogP contribution in [-0.2, 0) is 0 Å². The van der Waals surface area contributed by atoms with E-state index in [9.17, 15) is 0 Å². The third kappa shape index (κ3) is 3.23. The quantitative estimate of drug-likeness (QED) is 0.706. The molecule has 2 heteroatoms. The number of rotatable bonds is 1. The van der Waals surface area contributed by atoms with E-state index in [2.05, 4.69) is 37.9 Å². The van der Waals surface area contributed by atoms with Gasteiger partial charge in [0.05, 0.1) is 0 Å². The van der Waals surface area contributed by atoms with E-state index in [4.69, 9.17) is 0 Å². The van der Waals surface area contributed by atoms with Crippen LogP contribution in [0.1, 0.15) is 66.2 Å². The molecule has 1 aliphatic heterocycles. The normalized spacial score (nSPS) is 31.1. The van der Waals surface area contributed by atoms with E-state index in [1.807, 2.05) is 0 Å². The highest BCUT2D eigenvalue weighted by Crippen LogP contribution is 2.31. The molecule has 100 valence electrons. The van der Waals surface area contributed by atoms with E-state index in [0.29, 0.717) is 5.54 Å². The van der Waals surface area contributed by atoms with Gasteiger partial charge in [-0.05, 0) is 40.5 Å². The third-order valence-corrected chi connectivity index (χ3v) is 4.61. The first-order chi connectivity index (χ1) is 7.91. The van der Waals surface area contributed by atoms with E-state index in [1.165, 1.54) is 45.1 Å². The molecule has 0 unspecified atom stereocenters. The maximum absolute atomic E-state index is 3.69. The van der Waals surface area contributed by atoms with Gasteiger partial charge in [0.25, 0.3) is 0 Å². The van der Waals surface area contributed by atoms with E-state index in [0.717, 1.165) is 12.6 Å². The smallest absolute Gasteiger partial charge is 0.0281 e. The van der Waals surface area contributed by atoms with E-state index < -0.39 is 0 Å². The molecule has 0 spiro atoms. The van der Waals surface area contributed by atoms with Crippen LogP contribution in [0.4, 0.5) is 0 Å². The van der Waals surface area contributed by atoms with Crippen LogP contribution < -0.4 is 5.32 Å². The van der Waals surface area contributed by atoms with Crippen molar-refractivity contribution in [3.63, 3.8) is 0 Å². The highest BCUT2D eigenvalue weighted by Gasteiger charge is 2.40. The summed E-state index contributed by atoms with van der Waals surface area (Å²) in [6.45, 7) is 11.8. The Balaban J connectivity index is 2.09. The van der Waals surface area contributed by atoms with Gasteiger partial charge in [0.15, 0.2) is 0 Å². The van der Waals surface area contributed by atoms with Crippen molar-refractivity contribution < 1.29 is 0 Å². The van der Waals surface area contributed by atoms with Gasteiger partial charge in [-0.25, -0.2) is 0 Å². The molecule has 0 aromatic carbocycles. The molecule has 2 rings (SSSR count). The minimum absolute atomic E-state index is 0.280. The second kappa shape index (κ2) is 4.89. The summed E-state index contributed by atoms with van der Waals surface area (Å²) in [5.74, 6) is 0. The highest BCUT2D eigenvalue weighted by atomic mass is 15.3. The Bertz CT molecular complexity index is 250. The molecule has 1 saturated carbocycles. The van der Waals surface area contributed by atoms with Crippen molar-refractivity contribution in [1.29, 1.82) is 0 Å². The van der Waals surface area contributed by atoms with Crippen LogP contribution >= 0.6 is 0 Å². The zero-order valence-electron chi connectivity index (χ0n) is 12.2. The van der Waals surface area contributed by atoms with E-state index >= 15 is 0 Å². The lowest BCUT2D eigenvalue weighted by Gasteiger charge is -2.53. The van der Waals surface area contributed by atoms with Crippen LogP contribution in [-0.4, -0.2) is 35.1 Å². The summed E-state index contributed by atoms with van der Waals surface area (Å²) in [5, 5.41) is 3.69. The Morgan fingerprint density at radius 2 is 1.53 bits per heavy atom. The van der Waals surface area contributed by atoms with Gasteiger partial charge in [-0.15, -0.1) is 0 Å². The minimum Gasteiger partial charge on any atom is -0.309 e. The van der Waals surface area contributed by atoms with Gasteiger partial charge >= 0.3 is 0 Å². The minimum atomic E-state index is 0.280. The molecule has 1 N–H and O–H groups in total. The summed E-state index contributed by atoms with van der Waals surface area (Å²) in [7, 11) is 0. The zero-order chi connectivity index (χ0) is 12.5. The molecule has 0 aromatic rings. The second-order valence-electron chi connectivity index (χ2n) is 7.32. The Morgan fingerprint density at radius 1 is 0.941 bits per heavy atom. The lowest BCUT2D eigenvalue weighted by molar-refractivity contribution is -0.00242. The average Bonchev–Trinajstić information content (AvgIpc) is 2.50. The monoisotopic (exact) mass is 238 g/mol. The van der Waals surface area contributed by atoms with Gasteiger partial charge in [0.1, 0.15) is 0 Å². The fraction of sp³-hybridized carbons (Fsp3) is 1.00. The van der Waals surface area contributed by atoms with Gasteiger partial charge < -0.3 is 5.32 Å². The predicted octanol–water partition coefficient (Wildman–Crippen LogP) is 3.17. The Kier molecular flexibility index (Phi) is 3.84. The number of hydrogen-bond acceptors (Lipinski definition) is 2. The largest absolute Gasteiger partial charge is 0.309 e. The van der Waals surface area contributed by atoms with Crippen molar-refractivity contribution >= 4 is 0 Å². The predicted molar refractivity (Wildman–Crippen MR) is 74.4 cm³/mol. The van der Waals surface area contributed by atoms with Crippen molar-refractivity contribution in [3.8, 4) is 0 Å². The summed E-state index contributed by atoms with van der Waals surface area (Å²) >= 11 is 0. The molecule has 0 amide bonds. The molecule has 0 radical (unpaired) electrons. The number of piperazine rings is 1. The van der Waals surface area contributed by atoms with Crippen molar-refractivity contribution in [2.75, 3.05) is 13.1 Å². The summed E-state index contributed by atoms with van der Waals surface area (Å²) in [6, 6.07) is 0.828. The first kappa shape index (κ1) is 13.4. The molecule has 1 aliphatic carbocycles. The maximum atomic E-state index is 3.69. The molecule has 0 bridgehead atoms. The summed E-state index contributed by atoms with van der Waals surface area (Å²) in [6.07, 6.45) is 8.61. The molecule has 1 heterocycles. The van der Waals surface area contributed by atoms with Gasteiger partial charge in [-0.2, -0.15) is 0 Å². The molecule has 0 atom stereocenters. The summed E-state index contributed by atoms with van der Waals surface area (Å²) in [5.41, 5.74) is 0.604. The SMILES string of the molecule is CC1(C)CN(C2CCCCCC2)C(C)(C)CN1. The van der Waals surface area contributed by atoms with E-state index in [1.54, 1.807) is 0 Å². The maximum Gasteiger partial charge on any atom is 0.0281 e. The molecular weight excluding hydrogens is 208 g/mol. The van der Waals surface area contributed by atoms with Crippen LogP contribution in [0.2, 0.25) is 0 Å². The van der Waals surface area contributed by atoms with Gasteiger partial charge in [-0.1, -0.05) is 25.7 Å². The average molecular weight is 238 g/mol. The van der Waals surface area contributed by atoms with Gasteiger partial charge in [-0.3, -0.25) is 4.90 Å². The van der Waals surface area contributed by atoms with Crippen LogP contribution in [0.3, 0.4) is 0 Å². The molecule has 17 heavy (non-hydrogen) atoms. The number of hydrogen-bond donors (Lipinski definition) is 1. The first-order valence-corrected chi connectivity index (χ1v) is 7.43. The lowest BCUT2D eigenvalue weighted by Crippen LogP contribution is -2.68. The van der Waals surface area contributed by atoms with Crippen molar-refractivity contribution in [1.82, 2.24) is 10.2 Å². The summed E-state index contributed by atoms with van der Waals surface area (Å²) < 4.78 is 0. The first-order valence-electron chi connectivity index (χ1n) is 7.43. The van der Waals surface area contributed by atoms with Crippen molar-refractivity contribution in [2.45, 2.75) is 83.3 Å². The summed E-state index contributed by atoms with van der Waals surface area (Å²) in [4.78, 5) is 2.80. The van der Waals surface area contributed by atoms with Crippen LogP contribution in [0, 0.1) is 0 Å². The molecule has 2 aliphatic rings. The van der Waals surface area contributed by atoms with Crippen LogP contribution in [0.5, 0.6) is 0 Å². The number of nitrogens with zero attached hydrogens (tertiary/aromatic N) is 1. The van der Waals surface area contributed by atoms with Crippen molar-refractivity contribution in [3.05, 3.63) is 0 Å². The molecule has 1 saturated heterocycles. The van der Waals surface area contributed by atoms with Crippen LogP contribution in [0.25, 0.3) is 0 Å². The standard InChI is InChI=1S/C15H30N2/c1-14(2)12-17(15(3,4)11-16-14)13-9-7-5-6-8-10-13/h13,16H,5-12H2,1-4H3. The number of nitrogens with one attached hydrogen (secondary N) is 1. The van der Waals surface area contributed by atoms with E-state index in [-0.39, 0.29) is 5.54 Å². The Hall–Kier alpha value is -0.0800. The van der Waals surface area contributed by atoms with Crippen LogP contribution in [0.15, 0.2) is 0 Å². The Morgan fingerprint density at radius 3 is 2.12 bits per heavy atom. The molecule has 2 nitrogen and oxygen atoms in total. The topological polar surface area (TPSA) is 15.3 Å². The van der Waals surface area contributed by atoms with Gasteiger partial charge in [0.2, 0.25) is 0 Å². The molecular formula is C15H30N2. The fourth-order valence-corrected chi connectivity index (χ4v) is 3.45. The fourth-order valence-electron chi connectivity index (χ4n) is 3.45. The molecule has 2 fully saturated rings. The third-order valence-electron chi connectivity index (χ3n) is 4.61. The molecule has 0 aromatic heterocycles. The zero-order valence-corrected chi connectivity index (χ0v) is 12.2. The lowest BCUT2D eigenvalue weighted by atomic mass is 9.88. The Labute approximate surface area is 107 Å². The van der Waals surface area contributed by atoms with Crippen molar-refractivity contribution in [2.24, 2.45) is 0 Å². The van der Waals surface area contributed by atoms with Gasteiger partial charge in [0, 0.05) is 30.2 Å². The second-order valence-corrected chi connectivity index (χ2v) is 7.32.